The van der Waals surface area contributed by atoms with Gasteiger partial charge in [0, 0.05) is 12.6 Å². The number of fused-ring (bicyclic) bond motifs is 1. The Labute approximate surface area is 138 Å². The molecule has 122 valence electrons. The number of rotatable bonds is 2. The highest BCUT2D eigenvalue weighted by atomic mass is 16.2. The molecule has 0 N–H and O–H groups in total. The lowest BCUT2D eigenvalue weighted by molar-refractivity contribution is 0.452. The first-order chi connectivity index (χ1) is 11.6. The lowest BCUT2D eigenvalue weighted by Gasteiger charge is -2.19. The van der Waals surface area contributed by atoms with Crippen molar-refractivity contribution in [1.29, 1.82) is 0 Å². The summed E-state index contributed by atoms with van der Waals surface area (Å²) in [4.78, 5) is 33.0. The van der Waals surface area contributed by atoms with Crippen molar-refractivity contribution in [3.63, 3.8) is 0 Å². The van der Waals surface area contributed by atoms with Gasteiger partial charge in [-0.05, 0) is 12.8 Å². The first-order valence-electron chi connectivity index (χ1n) is 8.08. The van der Waals surface area contributed by atoms with Crippen LogP contribution in [0.15, 0.2) is 39.9 Å². The molecule has 2 heterocycles. The predicted molar refractivity (Wildman–Crippen MR) is 88.9 cm³/mol. The second-order valence-electron chi connectivity index (χ2n) is 6.12. The molecule has 0 amide bonds. The summed E-state index contributed by atoms with van der Waals surface area (Å²) < 4.78 is 2.73. The fraction of sp³-hybridized carbons (Fsp3) is 0.353. The Balaban J connectivity index is 2.04. The lowest BCUT2D eigenvalue weighted by atomic mass is 10.2. The van der Waals surface area contributed by atoms with E-state index in [4.69, 9.17) is 0 Å². The van der Waals surface area contributed by atoms with Crippen molar-refractivity contribution < 1.29 is 0 Å². The fourth-order valence-corrected chi connectivity index (χ4v) is 3.21. The Morgan fingerprint density at radius 1 is 1.04 bits per heavy atom. The number of nitrogens with zero attached hydrogens (tertiary/aromatic N) is 5. The van der Waals surface area contributed by atoms with E-state index in [1.54, 1.807) is 4.68 Å². The van der Waals surface area contributed by atoms with Crippen LogP contribution in [0.1, 0.15) is 31.7 Å². The van der Waals surface area contributed by atoms with Crippen LogP contribution in [0, 0.1) is 0 Å². The monoisotopic (exact) mass is 323 g/mol. The minimum atomic E-state index is -0.574. The molecule has 1 saturated carbocycles. The highest BCUT2D eigenvalue weighted by Crippen LogP contribution is 2.32. The van der Waals surface area contributed by atoms with Gasteiger partial charge in [0.25, 0.3) is 5.56 Å². The van der Waals surface area contributed by atoms with Crippen molar-refractivity contribution >= 4 is 0 Å². The molecule has 0 bridgehead atoms. The quantitative estimate of drug-likeness (QED) is 0.715. The average molecular weight is 323 g/mol. The molecule has 4 rings (SSSR count). The summed E-state index contributed by atoms with van der Waals surface area (Å²) in [5, 5.41) is 4.62. The van der Waals surface area contributed by atoms with Gasteiger partial charge in [0.15, 0.2) is 17.3 Å². The van der Waals surface area contributed by atoms with E-state index in [1.807, 2.05) is 30.3 Å². The first-order valence-corrected chi connectivity index (χ1v) is 8.08. The number of benzene rings is 1. The van der Waals surface area contributed by atoms with Crippen LogP contribution in [0.25, 0.3) is 22.9 Å². The van der Waals surface area contributed by atoms with Crippen LogP contribution in [0.5, 0.6) is 0 Å². The predicted octanol–water partition coefficient (Wildman–Crippen LogP) is 1.62. The smallest absolute Gasteiger partial charge is 0.267 e. The van der Waals surface area contributed by atoms with Gasteiger partial charge in [0.2, 0.25) is 0 Å². The summed E-state index contributed by atoms with van der Waals surface area (Å²) in [5.74, 6) is 0.766. The molecule has 2 aliphatic heterocycles. The third-order valence-electron chi connectivity index (χ3n) is 4.55. The lowest BCUT2D eigenvalue weighted by Crippen LogP contribution is -2.37. The van der Waals surface area contributed by atoms with Gasteiger partial charge >= 0.3 is 5.69 Å². The Hall–Kier alpha value is -2.83. The van der Waals surface area contributed by atoms with E-state index in [2.05, 4.69) is 15.1 Å². The standard InChI is InChI=1S/C17H17N5O2/c1-21-16(23)13-15(19-17(21)24)22(12-9-5-6-10-12)20-14(18-13)11-7-3-2-4-8-11/h2-4,7-8,12H,5-6,9-10H2,1H3. The normalized spacial score (nSPS) is 15.2. The first kappa shape index (κ1) is 14.7. The number of aromatic nitrogens is 5. The molecule has 0 aromatic heterocycles. The van der Waals surface area contributed by atoms with E-state index in [0.29, 0.717) is 5.82 Å². The van der Waals surface area contributed by atoms with Gasteiger partial charge in [0.05, 0.1) is 6.04 Å². The van der Waals surface area contributed by atoms with E-state index in [-0.39, 0.29) is 17.6 Å². The molecule has 0 spiro atoms. The van der Waals surface area contributed by atoms with Crippen LogP contribution < -0.4 is 11.2 Å². The summed E-state index contributed by atoms with van der Waals surface area (Å²) >= 11 is 0. The van der Waals surface area contributed by atoms with Gasteiger partial charge in [-0.15, -0.1) is 0 Å². The zero-order valence-electron chi connectivity index (χ0n) is 13.3. The third-order valence-corrected chi connectivity index (χ3v) is 4.55. The molecule has 0 unspecified atom stereocenters. The molecule has 1 aliphatic carbocycles. The summed E-state index contributed by atoms with van der Waals surface area (Å²) in [6.07, 6.45) is 4.16. The van der Waals surface area contributed by atoms with Gasteiger partial charge in [0.1, 0.15) is 0 Å². The Bertz CT molecular complexity index is 971. The van der Waals surface area contributed by atoms with E-state index < -0.39 is 11.2 Å². The summed E-state index contributed by atoms with van der Waals surface area (Å²) in [5.41, 5.74) is 0.0175. The topological polar surface area (TPSA) is 82.7 Å². The van der Waals surface area contributed by atoms with Crippen LogP contribution in [0.4, 0.5) is 0 Å². The second kappa shape index (κ2) is 5.67. The molecule has 0 radical (unpaired) electrons. The molecule has 7 nitrogen and oxygen atoms in total. The van der Waals surface area contributed by atoms with Crippen LogP contribution in [0.3, 0.4) is 0 Å². The van der Waals surface area contributed by atoms with Crippen molar-refractivity contribution in [3.05, 3.63) is 51.2 Å². The molecule has 1 aromatic rings. The fourth-order valence-electron chi connectivity index (χ4n) is 3.21. The second-order valence-corrected chi connectivity index (χ2v) is 6.12. The highest BCUT2D eigenvalue weighted by Gasteiger charge is 2.26. The van der Waals surface area contributed by atoms with Crippen LogP contribution in [0.2, 0.25) is 0 Å². The zero-order chi connectivity index (χ0) is 16.7. The van der Waals surface area contributed by atoms with E-state index in [9.17, 15) is 9.59 Å². The summed E-state index contributed by atoms with van der Waals surface area (Å²) in [6, 6.07) is 9.68. The van der Waals surface area contributed by atoms with Crippen molar-refractivity contribution in [2.45, 2.75) is 31.7 Å². The molecule has 1 aromatic carbocycles. The third kappa shape index (κ3) is 2.33. The van der Waals surface area contributed by atoms with E-state index in [0.717, 1.165) is 35.8 Å². The van der Waals surface area contributed by atoms with Crippen molar-refractivity contribution in [2.75, 3.05) is 0 Å². The van der Waals surface area contributed by atoms with Gasteiger partial charge in [-0.2, -0.15) is 10.1 Å². The van der Waals surface area contributed by atoms with E-state index in [1.165, 1.54) is 7.05 Å². The van der Waals surface area contributed by atoms with Crippen LogP contribution in [-0.4, -0.2) is 24.3 Å². The largest absolute Gasteiger partial charge is 0.352 e. The van der Waals surface area contributed by atoms with Gasteiger partial charge in [-0.25, -0.2) is 14.5 Å². The molecule has 0 saturated heterocycles. The van der Waals surface area contributed by atoms with E-state index >= 15 is 0 Å². The summed E-state index contributed by atoms with van der Waals surface area (Å²) in [6.45, 7) is 0. The summed E-state index contributed by atoms with van der Waals surface area (Å²) in [7, 11) is 1.42. The molecule has 3 aliphatic rings. The minimum Gasteiger partial charge on any atom is -0.267 e. The minimum absolute atomic E-state index is 0.150. The molecular formula is C17H17N5O2. The maximum Gasteiger partial charge on any atom is 0.352 e. The van der Waals surface area contributed by atoms with Crippen molar-refractivity contribution in [1.82, 2.24) is 24.3 Å². The van der Waals surface area contributed by atoms with Crippen molar-refractivity contribution in [2.24, 2.45) is 7.05 Å². The van der Waals surface area contributed by atoms with Crippen LogP contribution in [-0.2, 0) is 7.05 Å². The van der Waals surface area contributed by atoms with Crippen molar-refractivity contribution in [3.8, 4) is 22.9 Å². The Morgan fingerprint density at radius 3 is 2.46 bits per heavy atom. The van der Waals surface area contributed by atoms with Gasteiger partial charge in [-0.3, -0.25) is 9.36 Å². The molecule has 1 fully saturated rings. The Kier molecular flexibility index (Phi) is 3.48. The SMILES string of the molecule is Cn1c(=O)nc2n(C3CCCC3)nc(-c3ccccc3)nc-2c1=O. The molecule has 7 heteroatoms. The Morgan fingerprint density at radius 2 is 1.75 bits per heavy atom. The average Bonchev–Trinajstić information content (AvgIpc) is 3.14. The maximum atomic E-state index is 12.5. The zero-order valence-corrected chi connectivity index (χ0v) is 13.3. The van der Waals surface area contributed by atoms with Gasteiger partial charge < -0.3 is 0 Å². The number of hydrogen-bond donors (Lipinski definition) is 0. The maximum absolute atomic E-state index is 12.5. The number of hydrogen-bond acceptors (Lipinski definition) is 5. The molecular weight excluding hydrogens is 306 g/mol. The molecule has 0 atom stereocenters. The van der Waals surface area contributed by atoms with Crippen LogP contribution >= 0.6 is 0 Å². The highest BCUT2D eigenvalue weighted by molar-refractivity contribution is 5.59. The van der Waals surface area contributed by atoms with Gasteiger partial charge in [-0.1, -0.05) is 43.2 Å². The molecule has 24 heavy (non-hydrogen) atoms.